The van der Waals surface area contributed by atoms with Crippen molar-refractivity contribution in [1.29, 1.82) is 0 Å². The predicted molar refractivity (Wildman–Crippen MR) is 85.3 cm³/mol. The summed E-state index contributed by atoms with van der Waals surface area (Å²) < 4.78 is 11.5. The number of nitrogens with zero attached hydrogens (tertiary/aromatic N) is 1. The van der Waals surface area contributed by atoms with Crippen LogP contribution < -0.4 is 5.32 Å². The number of carbonyl (C=O) groups excluding carboxylic acids is 1. The Morgan fingerprint density at radius 2 is 2.10 bits per heavy atom. The number of hydrogen-bond donors (Lipinski definition) is 1. The summed E-state index contributed by atoms with van der Waals surface area (Å²) in [6.07, 6.45) is 1.14. The molecule has 1 heterocycles. The zero-order chi connectivity index (χ0) is 15.7. The molecule has 0 saturated heterocycles. The van der Waals surface area contributed by atoms with Crippen molar-refractivity contribution < 1.29 is 14.3 Å². The van der Waals surface area contributed by atoms with Crippen LogP contribution in [-0.4, -0.2) is 36.4 Å². The van der Waals surface area contributed by atoms with E-state index in [0.717, 1.165) is 23.1 Å². The highest BCUT2D eigenvalue weighted by atomic mass is 79.9. The molecule has 5 nitrogen and oxygen atoms in total. The Labute approximate surface area is 134 Å². The van der Waals surface area contributed by atoms with Gasteiger partial charge in [0.1, 0.15) is 10.2 Å². The summed E-state index contributed by atoms with van der Waals surface area (Å²) in [5.41, 5.74) is 0.536. The van der Waals surface area contributed by atoms with Gasteiger partial charge in [-0.1, -0.05) is 6.07 Å². The van der Waals surface area contributed by atoms with E-state index in [0.29, 0.717) is 19.8 Å². The van der Waals surface area contributed by atoms with E-state index in [4.69, 9.17) is 9.47 Å². The standard InChI is InChI=1S/C15H23BrN2O3/c1-15(2,3)21-14(19)17-9-5-10-20-11-8-12-6-4-7-13(16)18-12/h4,6-7H,5,8-11H2,1-3H3,(H,17,19). The van der Waals surface area contributed by atoms with Gasteiger partial charge in [0.15, 0.2) is 0 Å². The number of amides is 1. The molecule has 0 aliphatic carbocycles. The number of halogens is 1. The fraction of sp³-hybridized carbons (Fsp3) is 0.600. The zero-order valence-electron chi connectivity index (χ0n) is 12.8. The maximum absolute atomic E-state index is 11.4. The van der Waals surface area contributed by atoms with Crippen LogP contribution in [0.2, 0.25) is 0 Å². The molecule has 1 aromatic rings. The molecule has 0 aromatic carbocycles. The van der Waals surface area contributed by atoms with Crippen molar-refractivity contribution in [3.8, 4) is 0 Å². The van der Waals surface area contributed by atoms with E-state index in [-0.39, 0.29) is 6.09 Å². The smallest absolute Gasteiger partial charge is 0.407 e. The molecule has 0 aliphatic rings. The van der Waals surface area contributed by atoms with Crippen molar-refractivity contribution in [1.82, 2.24) is 10.3 Å². The molecule has 21 heavy (non-hydrogen) atoms. The van der Waals surface area contributed by atoms with Gasteiger partial charge in [0.05, 0.1) is 6.61 Å². The fourth-order valence-electron chi connectivity index (χ4n) is 1.55. The van der Waals surface area contributed by atoms with Gasteiger partial charge in [-0.05, 0) is 55.3 Å². The van der Waals surface area contributed by atoms with Gasteiger partial charge in [-0.25, -0.2) is 9.78 Å². The first-order valence-corrected chi connectivity index (χ1v) is 7.82. The summed E-state index contributed by atoms with van der Waals surface area (Å²) in [6, 6.07) is 5.82. The highest BCUT2D eigenvalue weighted by Gasteiger charge is 2.15. The Morgan fingerprint density at radius 3 is 2.76 bits per heavy atom. The van der Waals surface area contributed by atoms with Crippen molar-refractivity contribution >= 4 is 22.0 Å². The fourth-order valence-corrected chi connectivity index (χ4v) is 1.93. The Balaban J connectivity index is 2.01. The van der Waals surface area contributed by atoms with Gasteiger partial charge < -0.3 is 14.8 Å². The molecule has 0 fully saturated rings. The third kappa shape index (κ3) is 9.42. The lowest BCUT2D eigenvalue weighted by Crippen LogP contribution is -2.33. The number of aromatic nitrogens is 1. The number of carbonyl (C=O) groups is 1. The number of ether oxygens (including phenoxy) is 2. The molecule has 0 spiro atoms. The maximum Gasteiger partial charge on any atom is 0.407 e. The molecule has 0 unspecified atom stereocenters. The largest absolute Gasteiger partial charge is 0.444 e. The van der Waals surface area contributed by atoms with Gasteiger partial charge >= 0.3 is 6.09 Å². The van der Waals surface area contributed by atoms with Crippen LogP contribution in [0.5, 0.6) is 0 Å². The lowest BCUT2D eigenvalue weighted by atomic mass is 10.2. The third-order valence-corrected chi connectivity index (χ3v) is 2.85. The van der Waals surface area contributed by atoms with Crippen LogP contribution in [0.3, 0.4) is 0 Å². The second kappa shape index (κ2) is 9.00. The third-order valence-electron chi connectivity index (χ3n) is 2.41. The van der Waals surface area contributed by atoms with Crippen molar-refractivity contribution in [2.24, 2.45) is 0 Å². The Morgan fingerprint density at radius 1 is 1.33 bits per heavy atom. The lowest BCUT2D eigenvalue weighted by Gasteiger charge is -2.19. The number of alkyl carbamates (subject to hydrolysis) is 1. The highest BCUT2D eigenvalue weighted by Crippen LogP contribution is 2.07. The number of nitrogens with one attached hydrogen (secondary N) is 1. The average Bonchev–Trinajstić information content (AvgIpc) is 2.35. The van der Waals surface area contributed by atoms with Crippen molar-refractivity contribution in [2.75, 3.05) is 19.8 Å². The van der Waals surface area contributed by atoms with E-state index >= 15 is 0 Å². The SMILES string of the molecule is CC(C)(C)OC(=O)NCCCOCCc1cccc(Br)n1. The first-order chi connectivity index (χ1) is 9.87. The van der Waals surface area contributed by atoms with Crippen molar-refractivity contribution in [2.45, 2.75) is 39.2 Å². The molecule has 0 aliphatic heterocycles. The number of pyridine rings is 1. The molecular formula is C15H23BrN2O3. The summed E-state index contributed by atoms with van der Waals surface area (Å²) in [5.74, 6) is 0. The van der Waals surface area contributed by atoms with Gasteiger partial charge in [0, 0.05) is 25.3 Å². The van der Waals surface area contributed by atoms with Crippen molar-refractivity contribution in [3.05, 3.63) is 28.5 Å². The van der Waals surface area contributed by atoms with Crippen LogP contribution in [0.4, 0.5) is 4.79 Å². The summed E-state index contributed by atoms with van der Waals surface area (Å²) >= 11 is 3.34. The van der Waals surface area contributed by atoms with Crippen molar-refractivity contribution in [3.63, 3.8) is 0 Å². The van der Waals surface area contributed by atoms with E-state index in [1.807, 2.05) is 39.0 Å². The second-order valence-electron chi connectivity index (χ2n) is 5.60. The number of rotatable bonds is 7. The van der Waals surface area contributed by atoms with Gasteiger partial charge in [0.2, 0.25) is 0 Å². The number of hydrogen-bond acceptors (Lipinski definition) is 4. The molecule has 1 rings (SSSR count). The van der Waals surface area contributed by atoms with Crippen LogP contribution in [0.1, 0.15) is 32.9 Å². The first-order valence-electron chi connectivity index (χ1n) is 7.03. The van der Waals surface area contributed by atoms with E-state index in [1.165, 1.54) is 0 Å². The second-order valence-corrected chi connectivity index (χ2v) is 6.41. The molecule has 1 amide bonds. The lowest BCUT2D eigenvalue weighted by molar-refractivity contribution is 0.0520. The van der Waals surface area contributed by atoms with Gasteiger partial charge in [0.25, 0.3) is 0 Å². The quantitative estimate of drug-likeness (QED) is 0.599. The molecule has 6 heteroatoms. The van der Waals surface area contributed by atoms with Gasteiger partial charge in [-0.3, -0.25) is 0 Å². The Hall–Kier alpha value is -1.14. The van der Waals surface area contributed by atoms with Gasteiger partial charge in [-0.2, -0.15) is 0 Å². The monoisotopic (exact) mass is 358 g/mol. The molecule has 0 atom stereocenters. The van der Waals surface area contributed by atoms with E-state index in [9.17, 15) is 4.79 Å². The Bertz CT molecular complexity index is 447. The average molecular weight is 359 g/mol. The van der Waals surface area contributed by atoms with Crippen LogP contribution in [-0.2, 0) is 15.9 Å². The van der Waals surface area contributed by atoms with E-state index in [2.05, 4.69) is 26.2 Å². The maximum atomic E-state index is 11.4. The molecule has 1 aromatic heterocycles. The molecule has 118 valence electrons. The molecule has 0 bridgehead atoms. The topological polar surface area (TPSA) is 60.5 Å². The minimum Gasteiger partial charge on any atom is -0.444 e. The van der Waals surface area contributed by atoms with Crippen LogP contribution in [0.15, 0.2) is 22.8 Å². The molecule has 1 N–H and O–H groups in total. The van der Waals surface area contributed by atoms with Crippen LogP contribution >= 0.6 is 15.9 Å². The first kappa shape index (κ1) is 17.9. The minimum absolute atomic E-state index is 0.388. The highest BCUT2D eigenvalue weighted by molar-refractivity contribution is 9.10. The van der Waals surface area contributed by atoms with E-state index in [1.54, 1.807) is 0 Å². The summed E-state index contributed by atoms with van der Waals surface area (Å²) in [4.78, 5) is 15.7. The summed E-state index contributed by atoms with van der Waals surface area (Å²) in [5, 5.41) is 2.70. The Kier molecular flexibility index (Phi) is 7.67. The summed E-state index contributed by atoms with van der Waals surface area (Å²) in [7, 11) is 0. The molecule has 0 radical (unpaired) electrons. The minimum atomic E-state index is -0.461. The van der Waals surface area contributed by atoms with Crippen LogP contribution in [0, 0.1) is 0 Å². The van der Waals surface area contributed by atoms with E-state index < -0.39 is 5.60 Å². The summed E-state index contributed by atoms with van der Waals surface area (Å²) in [6.45, 7) is 7.28. The molecular weight excluding hydrogens is 336 g/mol. The zero-order valence-corrected chi connectivity index (χ0v) is 14.4. The predicted octanol–water partition coefficient (Wildman–Crippen LogP) is 3.32. The van der Waals surface area contributed by atoms with Gasteiger partial charge in [-0.15, -0.1) is 0 Å². The molecule has 0 saturated carbocycles. The normalized spacial score (nSPS) is 11.2. The van der Waals surface area contributed by atoms with Crippen LogP contribution in [0.25, 0.3) is 0 Å².